The smallest absolute Gasteiger partial charge is 0.272 e. The van der Waals surface area contributed by atoms with Crippen LogP contribution in [0, 0.1) is 5.92 Å². The number of alkyl halides is 1. The summed E-state index contributed by atoms with van der Waals surface area (Å²) in [4.78, 5) is 14.5. The first-order valence-electron chi connectivity index (χ1n) is 4.31. The maximum atomic E-state index is 11.5. The molecule has 1 aromatic rings. The molecule has 7 heteroatoms. The van der Waals surface area contributed by atoms with Gasteiger partial charge in [0.05, 0.1) is 7.05 Å². The lowest BCUT2D eigenvalue weighted by atomic mass is 10.2. The van der Waals surface area contributed by atoms with E-state index in [1.807, 2.05) is 0 Å². The van der Waals surface area contributed by atoms with Crippen LogP contribution in [0.1, 0.15) is 6.42 Å². The molecule has 1 aliphatic rings. The average molecular weight is 260 g/mol. The van der Waals surface area contributed by atoms with Crippen molar-refractivity contribution in [1.29, 1.82) is 0 Å². The van der Waals surface area contributed by atoms with Crippen LogP contribution in [0.15, 0.2) is 0 Å². The summed E-state index contributed by atoms with van der Waals surface area (Å²) in [6.07, 6.45) is 0.559. The van der Waals surface area contributed by atoms with Gasteiger partial charge in [-0.3, -0.25) is 9.69 Å². The van der Waals surface area contributed by atoms with E-state index in [4.69, 9.17) is 0 Å². The summed E-state index contributed by atoms with van der Waals surface area (Å²) in [6, 6.07) is 0. The van der Waals surface area contributed by atoms with Crippen LogP contribution in [-0.2, 0) is 11.8 Å². The van der Waals surface area contributed by atoms with Gasteiger partial charge in [-0.05, 0) is 11.1 Å². The zero-order valence-electron chi connectivity index (χ0n) is 7.72. The molecule has 14 heavy (non-hydrogen) atoms. The maximum Gasteiger partial charge on any atom is 0.272 e. The molecule has 0 spiro atoms. The molecular formula is C7H10BrN5O. The van der Waals surface area contributed by atoms with E-state index in [0.29, 0.717) is 24.8 Å². The van der Waals surface area contributed by atoms with Gasteiger partial charge in [0.1, 0.15) is 0 Å². The second-order valence-electron chi connectivity index (χ2n) is 3.31. The Hall–Kier alpha value is -0.980. The summed E-state index contributed by atoms with van der Waals surface area (Å²) in [5.74, 6) is 0.828. The van der Waals surface area contributed by atoms with Crippen molar-refractivity contribution in [2.75, 3.05) is 16.8 Å². The molecule has 1 amide bonds. The normalized spacial score (nSPS) is 22.0. The van der Waals surface area contributed by atoms with Crippen LogP contribution in [0.25, 0.3) is 0 Å². The van der Waals surface area contributed by atoms with Crippen LogP contribution in [0.2, 0.25) is 0 Å². The first-order valence-corrected chi connectivity index (χ1v) is 5.43. The molecule has 1 aromatic heterocycles. The number of anilines is 1. The van der Waals surface area contributed by atoms with Gasteiger partial charge in [0.15, 0.2) is 0 Å². The summed E-state index contributed by atoms with van der Waals surface area (Å²) < 4.78 is 0. The quantitative estimate of drug-likeness (QED) is 0.700. The molecule has 0 saturated carbocycles. The third-order valence-electron chi connectivity index (χ3n) is 2.16. The predicted molar refractivity (Wildman–Crippen MR) is 53.1 cm³/mol. The van der Waals surface area contributed by atoms with Crippen LogP contribution in [-0.4, -0.2) is 38.0 Å². The predicted octanol–water partition coefficient (Wildman–Crippen LogP) is -0.0421. The number of aromatic nitrogens is 4. The maximum absolute atomic E-state index is 11.5. The van der Waals surface area contributed by atoms with E-state index in [2.05, 4.69) is 31.3 Å². The number of hydrogen-bond donors (Lipinski definition) is 0. The van der Waals surface area contributed by atoms with Crippen LogP contribution in [0.3, 0.4) is 0 Å². The summed E-state index contributed by atoms with van der Waals surface area (Å²) in [5.41, 5.74) is 0. The fourth-order valence-corrected chi connectivity index (χ4v) is 1.89. The first kappa shape index (κ1) is 9.57. The third kappa shape index (κ3) is 1.63. The number of hydrogen-bond acceptors (Lipinski definition) is 4. The highest BCUT2D eigenvalue weighted by atomic mass is 79.9. The molecule has 2 rings (SSSR count). The molecule has 6 nitrogen and oxygen atoms in total. The topological polar surface area (TPSA) is 63.9 Å². The van der Waals surface area contributed by atoms with Gasteiger partial charge in [0, 0.05) is 18.3 Å². The molecule has 1 aliphatic heterocycles. The number of carbonyl (C=O) groups is 1. The Morgan fingerprint density at radius 3 is 2.93 bits per heavy atom. The number of amides is 1. The molecule has 2 heterocycles. The highest BCUT2D eigenvalue weighted by Crippen LogP contribution is 2.22. The first-order chi connectivity index (χ1) is 6.70. The summed E-state index contributed by atoms with van der Waals surface area (Å²) in [5, 5.41) is 12.3. The summed E-state index contributed by atoms with van der Waals surface area (Å²) >= 11 is 3.37. The highest BCUT2D eigenvalue weighted by Gasteiger charge is 2.32. The minimum Gasteiger partial charge on any atom is -0.278 e. The number of rotatable bonds is 2. The van der Waals surface area contributed by atoms with Crippen LogP contribution >= 0.6 is 15.9 Å². The summed E-state index contributed by atoms with van der Waals surface area (Å²) in [6.45, 7) is 0.676. The van der Waals surface area contributed by atoms with Gasteiger partial charge < -0.3 is 0 Å². The average Bonchev–Trinajstić information content (AvgIpc) is 2.71. The second kappa shape index (κ2) is 3.64. The number of aryl methyl sites for hydroxylation is 1. The zero-order valence-corrected chi connectivity index (χ0v) is 9.31. The van der Waals surface area contributed by atoms with Crippen LogP contribution in [0.4, 0.5) is 5.95 Å². The Labute approximate surface area is 89.4 Å². The molecule has 0 radical (unpaired) electrons. The largest absolute Gasteiger partial charge is 0.278 e. The van der Waals surface area contributed by atoms with Crippen molar-refractivity contribution in [1.82, 2.24) is 20.2 Å². The van der Waals surface area contributed by atoms with Crippen LogP contribution < -0.4 is 4.90 Å². The van der Waals surface area contributed by atoms with E-state index in [9.17, 15) is 4.79 Å². The van der Waals surface area contributed by atoms with Crippen molar-refractivity contribution < 1.29 is 4.79 Å². The number of carbonyl (C=O) groups excluding carboxylic acids is 1. The number of halogens is 1. The third-order valence-corrected chi connectivity index (χ3v) is 3.08. The monoisotopic (exact) mass is 259 g/mol. The van der Waals surface area contributed by atoms with Crippen molar-refractivity contribution in [3.8, 4) is 0 Å². The zero-order chi connectivity index (χ0) is 10.1. The molecule has 1 fully saturated rings. The number of nitrogens with zero attached hydrogens (tertiary/aromatic N) is 5. The molecule has 0 N–H and O–H groups in total. The molecule has 0 aromatic carbocycles. The number of tetrazole rings is 1. The van der Waals surface area contributed by atoms with E-state index < -0.39 is 0 Å². The van der Waals surface area contributed by atoms with Crippen molar-refractivity contribution >= 4 is 27.8 Å². The Bertz CT molecular complexity index is 352. The van der Waals surface area contributed by atoms with Gasteiger partial charge >= 0.3 is 0 Å². The Kier molecular flexibility index (Phi) is 2.49. The summed E-state index contributed by atoms with van der Waals surface area (Å²) in [7, 11) is 1.68. The SMILES string of the molecule is Cn1nnc(N2CC(CBr)CC2=O)n1. The van der Waals surface area contributed by atoms with E-state index >= 15 is 0 Å². The lowest BCUT2D eigenvalue weighted by Gasteiger charge is -2.09. The lowest BCUT2D eigenvalue weighted by Crippen LogP contribution is -2.26. The van der Waals surface area contributed by atoms with E-state index in [0.717, 1.165) is 5.33 Å². The lowest BCUT2D eigenvalue weighted by molar-refractivity contribution is -0.117. The van der Waals surface area contributed by atoms with E-state index in [1.165, 1.54) is 4.80 Å². The Morgan fingerprint density at radius 1 is 1.64 bits per heavy atom. The minimum absolute atomic E-state index is 0.0717. The molecule has 1 unspecified atom stereocenters. The van der Waals surface area contributed by atoms with Gasteiger partial charge in [-0.2, -0.15) is 4.80 Å². The van der Waals surface area contributed by atoms with Gasteiger partial charge in [0.25, 0.3) is 5.95 Å². The van der Waals surface area contributed by atoms with Crippen molar-refractivity contribution in [3.05, 3.63) is 0 Å². The van der Waals surface area contributed by atoms with Crippen molar-refractivity contribution in [3.63, 3.8) is 0 Å². The van der Waals surface area contributed by atoms with Gasteiger partial charge in [0.2, 0.25) is 5.91 Å². The molecule has 1 atom stereocenters. The van der Waals surface area contributed by atoms with E-state index in [-0.39, 0.29) is 5.91 Å². The molecular weight excluding hydrogens is 250 g/mol. The van der Waals surface area contributed by atoms with Crippen LogP contribution in [0.5, 0.6) is 0 Å². The molecule has 76 valence electrons. The van der Waals surface area contributed by atoms with Crippen molar-refractivity contribution in [2.24, 2.45) is 13.0 Å². The second-order valence-corrected chi connectivity index (χ2v) is 3.96. The van der Waals surface area contributed by atoms with Gasteiger partial charge in [-0.15, -0.1) is 5.10 Å². The van der Waals surface area contributed by atoms with Gasteiger partial charge in [-0.25, -0.2) is 0 Å². The highest BCUT2D eigenvalue weighted by molar-refractivity contribution is 9.09. The molecule has 0 aliphatic carbocycles. The van der Waals surface area contributed by atoms with Gasteiger partial charge in [-0.1, -0.05) is 21.0 Å². The minimum atomic E-state index is 0.0717. The van der Waals surface area contributed by atoms with E-state index in [1.54, 1.807) is 11.9 Å². The fourth-order valence-electron chi connectivity index (χ4n) is 1.46. The Balaban J connectivity index is 2.16. The fraction of sp³-hybridized carbons (Fsp3) is 0.714. The molecule has 0 bridgehead atoms. The Morgan fingerprint density at radius 2 is 2.43 bits per heavy atom. The van der Waals surface area contributed by atoms with Crippen molar-refractivity contribution in [2.45, 2.75) is 6.42 Å². The molecule has 1 saturated heterocycles. The standard InChI is InChI=1S/C7H10BrN5O/c1-12-10-7(9-11-12)13-4-5(3-8)2-6(13)14/h5H,2-4H2,1H3.